The van der Waals surface area contributed by atoms with E-state index in [1.54, 1.807) is 23.5 Å². The highest BCUT2D eigenvalue weighted by Crippen LogP contribution is 2.24. The maximum absolute atomic E-state index is 13.1. The number of fused-ring (bicyclic) bond motifs is 1. The van der Waals surface area contributed by atoms with Crippen LogP contribution in [0.3, 0.4) is 0 Å². The summed E-state index contributed by atoms with van der Waals surface area (Å²) in [5.41, 5.74) is 1.49. The molecule has 3 nitrogen and oxygen atoms in total. The Morgan fingerprint density at radius 1 is 1.47 bits per heavy atom. The average molecular weight is 341 g/mol. The van der Waals surface area contributed by atoms with E-state index in [0.29, 0.717) is 16.5 Å². The Balaban J connectivity index is 1.82. The minimum atomic E-state index is -0.693. The van der Waals surface area contributed by atoms with Gasteiger partial charge in [0.2, 0.25) is 0 Å². The number of aliphatic hydroxyl groups is 1. The second kappa shape index (κ2) is 5.03. The molecule has 0 spiro atoms. The van der Waals surface area contributed by atoms with Gasteiger partial charge in [-0.15, -0.1) is 11.3 Å². The smallest absolute Gasteiger partial charge is 0.193 e. The first-order chi connectivity index (χ1) is 9.13. The molecule has 6 heteroatoms. The third kappa shape index (κ3) is 2.56. The van der Waals surface area contributed by atoms with Gasteiger partial charge in [0.25, 0.3) is 0 Å². The molecule has 1 unspecified atom stereocenters. The molecule has 2 heterocycles. The number of nitrogens with zero attached hydrogens (tertiary/aromatic N) is 2. The van der Waals surface area contributed by atoms with E-state index < -0.39 is 6.10 Å². The molecule has 1 atom stereocenters. The highest BCUT2D eigenvalue weighted by atomic mass is 79.9. The quantitative estimate of drug-likeness (QED) is 0.791. The Labute approximate surface area is 121 Å². The zero-order valence-corrected chi connectivity index (χ0v) is 12.2. The second-order valence-electron chi connectivity index (χ2n) is 4.22. The predicted octanol–water partition coefficient (Wildman–Crippen LogP) is 3.57. The Kier molecular flexibility index (Phi) is 3.38. The molecule has 0 aliphatic rings. The van der Waals surface area contributed by atoms with Crippen molar-refractivity contribution in [3.63, 3.8) is 0 Å². The fraction of sp³-hybridized carbons (Fsp3) is 0.154. The first kappa shape index (κ1) is 12.8. The molecule has 0 bridgehead atoms. The summed E-state index contributed by atoms with van der Waals surface area (Å²) in [7, 11) is 0. The van der Waals surface area contributed by atoms with E-state index in [9.17, 15) is 9.50 Å². The molecule has 98 valence electrons. The lowest BCUT2D eigenvalue weighted by Gasteiger charge is -2.09. The number of thiazole rings is 1. The fourth-order valence-electron chi connectivity index (χ4n) is 1.91. The number of rotatable bonds is 3. The van der Waals surface area contributed by atoms with Crippen LogP contribution in [0.5, 0.6) is 0 Å². The summed E-state index contributed by atoms with van der Waals surface area (Å²) in [6.07, 6.45) is 3.54. The lowest BCUT2D eigenvalue weighted by Crippen LogP contribution is -2.02. The molecule has 2 aromatic heterocycles. The van der Waals surface area contributed by atoms with Gasteiger partial charge >= 0.3 is 0 Å². The lowest BCUT2D eigenvalue weighted by molar-refractivity contribution is 0.177. The Bertz CT molecular complexity index is 696. The fourth-order valence-corrected chi connectivity index (χ4v) is 3.03. The Morgan fingerprint density at radius 3 is 3.05 bits per heavy atom. The molecule has 0 saturated heterocycles. The van der Waals surface area contributed by atoms with Crippen LogP contribution in [0.1, 0.15) is 17.4 Å². The first-order valence-corrected chi connectivity index (χ1v) is 7.35. The molecule has 1 N–H and O–H groups in total. The SMILES string of the molecule is OC(Cc1cn2ccsc2n1)c1ccc(F)c(Br)c1. The van der Waals surface area contributed by atoms with Crippen molar-refractivity contribution >= 4 is 32.2 Å². The zero-order chi connectivity index (χ0) is 13.4. The summed E-state index contributed by atoms with van der Waals surface area (Å²) < 4.78 is 15.4. The molecule has 3 aromatic rings. The average Bonchev–Trinajstić information content (AvgIpc) is 2.93. The third-order valence-electron chi connectivity index (χ3n) is 2.87. The maximum Gasteiger partial charge on any atom is 0.193 e. The van der Waals surface area contributed by atoms with Crippen LogP contribution in [0.4, 0.5) is 4.39 Å². The normalized spacial score (nSPS) is 13.0. The van der Waals surface area contributed by atoms with Crippen LogP contribution in [-0.4, -0.2) is 14.5 Å². The van der Waals surface area contributed by atoms with E-state index in [4.69, 9.17) is 0 Å². The van der Waals surface area contributed by atoms with Crippen LogP contribution < -0.4 is 0 Å². The van der Waals surface area contributed by atoms with Gasteiger partial charge in [0.15, 0.2) is 4.96 Å². The largest absolute Gasteiger partial charge is 0.388 e. The van der Waals surface area contributed by atoms with Crippen LogP contribution in [0.2, 0.25) is 0 Å². The molecule has 19 heavy (non-hydrogen) atoms. The van der Waals surface area contributed by atoms with E-state index in [2.05, 4.69) is 20.9 Å². The van der Waals surface area contributed by atoms with Crippen molar-refractivity contribution in [1.29, 1.82) is 0 Å². The molecule has 0 saturated carbocycles. The number of imidazole rings is 1. The predicted molar refractivity (Wildman–Crippen MR) is 75.8 cm³/mol. The summed E-state index contributed by atoms with van der Waals surface area (Å²) in [5.74, 6) is -0.335. The van der Waals surface area contributed by atoms with Gasteiger partial charge in [0.05, 0.1) is 16.3 Å². The van der Waals surface area contributed by atoms with Crippen LogP contribution in [0.15, 0.2) is 40.4 Å². The zero-order valence-electron chi connectivity index (χ0n) is 9.75. The van der Waals surface area contributed by atoms with Crippen LogP contribution >= 0.6 is 27.3 Å². The summed E-state index contributed by atoms with van der Waals surface area (Å²) >= 11 is 4.67. The van der Waals surface area contributed by atoms with Crippen molar-refractivity contribution in [3.05, 3.63) is 57.5 Å². The van der Waals surface area contributed by atoms with Crippen molar-refractivity contribution in [3.8, 4) is 0 Å². The standard InChI is InChI=1S/C13H10BrFN2OS/c14-10-5-8(1-2-11(10)15)12(18)6-9-7-17-3-4-19-13(17)16-9/h1-5,7,12,18H,6H2. The van der Waals surface area contributed by atoms with E-state index in [-0.39, 0.29) is 5.82 Å². The van der Waals surface area contributed by atoms with Crippen molar-refractivity contribution in [2.24, 2.45) is 0 Å². The summed E-state index contributed by atoms with van der Waals surface area (Å²) in [6.45, 7) is 0. The molecule has 0 aliphatic carbocycles. The van der Waals surface area contributed by atoms with Gasteiger partial charge in [0.1, 0.15) is 5.82 Å². The van der Waals surface area contributed by atoms with E-state index in [1.807, 2.05) is 22.2 Å². The van der Waals surface area contributed by atoms with Crippen LogP contribution in [0, 0.1) is 5.82 Å². The molecule has 3 rings (SSSR count). The monoisotopic (exact) mass is 340 g/mol. The Morgan fingerprint density at radius 2 is 2.32 bits per heavy atom. The van der Waals surface area contributed by atoms with Crippen molar-refractivity contribution in [2.75, 3.05) is 0 Å². The number of benzene rings is 1. The minimum absolute atomic E-state index is 0.335. The van der Waals surface area contributed by atoms with Crippen molar-refractivity contribution < 1.29 is 9.50 Å². The molecule has 0 fully saturated rings. The lowest BCUT2D eigenvalue weighted by atomic mass is 10.1. The van der Waals surface area contributed by atoms with E-state index >= 15 is 0 Å². The summed E-state index contributed by atoms with van der Waals surface area (Å²) in [5, 5.41) is 12.1. The number of hydrogen-bond acceptors (Lipinski definition) is 3. The number of aromatic nitrogens is 2. The number of hydrogen-bond donors (Lipinski definition) is 1. The molecule has 1 aromatic carbocycles. The van der Waals surface area contributed by atoms with Gasteiger partial charge in [-0.1, -0.05) is 6.07 Å². The van der Waals surface area contributed by atoms with Gasteiger partial charge < -0.3 is 5.11 Å². The van der Waals surface area contributed by atoms with Gasteiger partial charge in [-0.3, -0.25) is 4.40 Å². The van der Waals surface area contributed by atoms with Crippen LogP contribution in [-0.2, 0) is 6.42 Å². The highest BCUT2D eigenvalue weighted by molar-refractivity contribution is 9.10. The van der Waals surface area contributed by atoms with Gasteiger partial charge in [-0.2, -0.15) is 0 Å². The molecular formula is C13H10BrFN2OS. The van der Waals surface area contributed by atoms with E-state index in [1.165, 1.54) is 6.07 Å². The topological polar surface area (TPSA) is 37.5 Å². The second-order valence-corrected chi connectivity index (χ2v) is 5.95. The van der Waals surface area contributed by atoms with Crippen molar-refractivity contribution in [2.45, 2.75) is 12.5 Å². The summed E-state index contributed by atoms with van der Waals surface area (Å²) in [4.78, 5) is 5.32. The Hall–Kier alpha value is -1.24. The summed E-state index contributed by atoms with van der Waals surface area (Å²) in [6, 6.07) is 4.52. The third-order valence-corrected chi connectivity index (χ3v) is 4.25. The van der Waals surface area contributed by atoms with E-state index in [0.717, 1.165) is 10.7 Å². The minimum Gasteiger partial charge on any atom is -0.388 e. The van der Waals surface area contributed by atoms with Gasteiger partial charge in [-0.05, 0) is 33.6 Å². The number of halogens is 2. The highest BCUT2D eigenvalue weighted by Gasteiger charge is 2.13. The maximum atomic E-state index is 13.1. The van der Waals surface area contributed by atoms with Crippen molar-refractivity contribution in [1.82, 2.24) is 9.38 Å². The molecule has 0 amide bonds. The van der Waals surface area contributed by atoms with Crippen LogP contribution in [0.25, 0.3) is 4.96 Å². The van der Waals surface area contributed by atoms with Gasteiger partial charge in [0, 0.05) is 24.2 Å². The first-order valence-electron chi connectivity index (χ1n) is 5.67. The van der Waals surface area contributed by atoms with Gasteiger partial charge in [-0.25, -0.2) is 9.37 Å². The molecule has 0 aliphatic heterocycles. The molecular weight excluding hydrogens is 331 g/mol. The number of aliphatic hydroxyl groups excluding tert-OH is 1. The molecule has 0 radical (unpaired) electrons.